The topological polar surface area (TPSA) is 141 Å². The molecule has 2 aromatic carbocycles. The van der Waals surface area contributed by atoms with Crippen LogP contribution >= 0.6 is 0 Å². The molecule has 28 heavy (non-hydrogen) atoms. The van der Waals surface area contributed by atoms with E-state index >= 15 is 0 Å². The third-order valence-corrected chi connectivity index (χ3v) is 4.60. The average molecular weight is 380 g/mol. The van der Waals surface area contributed by atoms with E-state index in [1.165, 1.54) is 0 Å². The summed E-state index contributed by atoms with van der Waals surface area (Å²) in [5.74, 6) is -0.675. The quantitative estimate of drug-likeness (QED) is 0.315. The maximum Gasteiger partial charge on any atom is 0.320 e. The lowest BCUT2D eigenvalue weighted by Gasteiger charge is -2.04. The summed E-state index contributed by atoms with van der Waals surface area (Å²) in [5, 5.41) is 20.1. The molecule has 8 N–H and O–H groups in total. The Hall–Kier alpha value is -3.29. The number of benzene rings is 2. The molecule has 146 valence electrons. The molecule has 4 rings (SSSR count). The van der Waals surface area contributed by atoms with Gasteiger partial charge >= 0.3 is 5.97 Å². The molecule has 0 fully saturated rings. The highest BCUT2D eigenvalue weighted by molar-refractivity contribution is 5.85. The number of fused-ring (bicyclic) bond motifs is 2. The molecule has 0 aliphatic heterocycles. The Morgan fingerprint density at radius 1 is 1.00 bits per heavy atom. The molecular formula is C21H24N4O3. The molecule has 0 spiro atoms. The van der Waals surface area contributed by atoms with E-state index in [4.69, 9.17) is 16.6 Å². The second-order valence-corrected chi connectivity index (χ2v) is 6.59. The van der Waals surface area contributed by atoms with Crippen molar-refractivity contribution < 1.29 is 15.0 Å². The fraction of sp³-hybridized carbons (Fsp3) is 0.190. The van der Waals surface area contributed by atoms with Crippen LogP contribution in [0.15, 0.2) is 54.9 Å². The molecule has 0 saturated heterocycles. The number of hydrogen-bond donors (Lipinski definition) is 6. The van der Waals surface area contributed by atoms with E-state index < -0.39 is 12.0 Å². The molecule has 0 aliphatic rings. The van der Waals surface area contributed by atoms with Gasteiger partial charge in [-0.15, -0.1) is 0 Å². The Morgan fingerprint density at radius 3 is 2.39 bits per heavy atom. The third-order valence-electron chi connectivity index (χ3n) is 4.60. The molecule has 0 amide bonds. The van der Waals surface area contributed by atoms with Crippen LogP contribution in [0.2, 0.25) is 0 Å². The summed E-state index contributed by atoms with van der Waals surface area (Å²) in [6.45, 7) is 0.628. The summed E-state index contributed by atoms with van der Waals surface area (Å²) < 4.78 is 0. The molecule has 0 unspecified atom stereocenters. The number of carboxylic acids is 1. The fourth-order valence-electron chi connectivity index (χ4n) is 3.15. The number of para-hydroxylation sites is 1. The number of aromatic amines is 2. The molecule has 2 aromatic heterocycles. The molecule has 0 bridgehead atoms. The molecule has 2 heterocycles. The first kappa shape index (κ1) is 19.5. The van der Waals surface area contributed by atoms with Gasteiger partial charge in [0, 0.05) is 40.6 Å². The second-order valence-electron chi connectivity index (χ2n) is 6.59. The van der Waals surface area contributed by atoms with E-state index in [0.29, 0.717) is 18.7 Å². The molecule has 0 radical (unpaired) electrons. The lowest BCUT2D eigenvalue weighted by Crippen LogP contribution is -2.32. The van der Waals surface area contributed by atoms with Crippen LogP contribution < -0.4 is 11.5 Å². The van der Waals surface area contributed by atoms with Crippen molar-refractivity contribution in [2.75, 3.05) is 6.54 Å². The first-order valence-electron chi connectivity index (χ1n) is 9.02. The van der Waals surface area contributed by atoms with Gasteiger partial charge in [0.05, 0.1) is 0 Å². The number of aliphatic carboxylic acids is 1. The van der Waals surface area contributed by atoms with Crippen LogP contribution in [0.1, 0.15) is 11.1 Å². The van der Waals surface area contributed by atoms with Crippen LogP contribution in [0.5, 0.6) is 5.75 Å². The largest absolute Gasteiger partial charge is 0.508 e. The Bertz CT molecular complexity index is 1080. The highest BCUT2D eigenvalue weighted by Crippen LogP contribution is 2.23. The van der Waals surface area contributed by atoms with Gasteiger partial charge in [-0.2, -0.15) is 0 Å². The summed E-state index contributed by atoms with van der Waals surface area (Å²) in [6.07, 6.45) is 4.94. The van der Waals surface area contributed by atoms with Crippen molar-refractivity contribution in [2.45, 2.75) is 18.9 Å². The standard InChI is InChI=1S/C11H12N2O2.C10H12N2O/c12-9(11(14)15)5-7-6-13-10-4-2-1-3-8(7)10;11-4-3-7-6-12-10-2-1-8(13)5-9(7)10/h1-4,6,9,13H,5,12H2,(H,14,15);1-2,5-6,12-13H,3-4,11H2/t9-;/m0./s1. The van der Waals surface area contributed by atoms with E-state index in [2.05, 4.69) is 9.97 Å². The van der Waals surface area contributed by atoms with Crippen molar-refractivity contribution in [2.24, 2.45) is 11.5 Å². The van der Waals surface area contributed by atoms with Crippen molar-refractivity contribution in [1.82, 2.24) is 9.97 Å². The molecule has 0 saturated carbocycles. The zero-order valence-electron chi connectivity index (χ0n) is 15.4. The van der Waals surface area contributed by atoms with Crippen LogP contribution in [0.3, 0.4) is 0 Å². The second kappa shape index (κ2) is 8.60. The predicted octanol–water partition coefficient (Wildman–Crippen LogP) is 2.50. The van der Waals surface area contributed by atoms with E-state index in [1.54, 1.807) is 12.1 Å². The molecule has 7 nitrogen and oxygen atoms in total. The predicted molar refractivity (Wildman–Crippen MR) is 110 cm³/mol. The van der Waals surface area contributed by atoms with Crippen molar-refractivity contribution in [1.29, 1.82) is 0 Å². The number of H-pyrrole nitrogens is 2. The number of carbonyl (C=O) groups is 1. The van der Waals surface area contributed by atoms with Crippen LogP contribution in [0.25, 0.3) is 21.8 Å². The fourth-order valence-corrected chi connectivity index (χ4v) is 3.15. The maximum absolute atomic E-state index is 10.6. The lowest BCUT2D eigenvalue weighted by atomic mass is 10.1. The maximum atomic E-state index is 10.6. The van der Waals surface area contributed by atoms with Gasteiger partial charge in [-0.1, -0.05) is 18.2 Å². The molecular weight excluding hydrogens is 356 g/mol. The van der Waals surface area contributed by atoms with Crippen molar-refractivity contribution in [3.63, 3.8) is 0 Å². The van der Waals surface area contributed by atoms with Gasteiger partial charge < -0.3 is 31.6 Å². The molecule has 4 aromatic rings. The van der Waals surface area contributed by atoms with Gasteiger partial charge in [-0.3, -0.25) is 4.79 Å². The summed E-state index contributed by atoms with van der Waals surface area (Å²) >= 11 is 0. The summed E-state index contributed by atoms with van der Waals surface area (Å²) in [5.41, 5.74) is 15.1. The van der Waals surface area contributed by atoms with Crippen LogP contribution in [-0.4, -0.2) is 38.7 Å². The monoisotopic (exact) mass is 380 g/mol. The highest BCUT2D eigenvalue weighted by atomic mass is 16.4. The normalized spacial score (nSPS) is 11.9. The van der Waals surface area contributed by atoms with Gasteiger partial charge in [0.25, 0.3) is 0 Å². The zero-order valence-corrected chi connectivity index (χ0v) is 15.4. The molecule has 1 atom stereocenters. The third kappa shape index (κ3) is 4.33. The van der Waals surface area contributed by atoms with Gasteiger partial charge in [-0.25, -0.2) is 0 Å². The van der Waals surface area contributed by atoms with Crippen molar-refractivity contribution in [3.05, 3.63) is 66.0 Å². The average Bonchev–Trinajstić information content (AvgIpc) is 3.27. The SMILES string of the molecule is NCCc1c[nH]c2ccc(O)cc12.N[C@@H](Cc1c[nH]c2ccccc12)C(=O)O. The number of aromatic hydroxyl groups is 1. The molecule has 0 aliphatic carbocycles. The number of phenolic OH excluding ortho intramolecular Hbond substituents is 1. The van der Waals surface area contributed by atoms with Gasteiger partial charge in [-0.05, 0) is 48.4 Å². The summed E-state index contributed by atoms with van der Waals surface area (Å²) in [7, 11) is 0. The Balaban J connectivity index is 0.000000162. The number of nitrogens with one attached hydrogen (secondary N) is 2. The number of nitrogens with two attached hydrogens (primary N) is 2. The zero-order chi connectivity index (χ0) is 20.1. The number of phenols is 1. The first-order chi connectivity index (χ1) is 13.5. The minimum atomic E-state index is -0.972. The lowest BCUT2D eigenvalue weighted by molar-refractivity contribution is -0.138. The number of hydrogen-bond acceptors (Lipinski definition) is 4. The molecule has 7 heteroatoms. The number of rotatable bonds is 5. The summed E-state index contributed by atoms with van der Waals surface area (Å²) in [4.78, 5) is 16.8. The minimum Gasteiger partial charge on any atom is -0.508 e. The van der Waals surface area contributed by atoms with Crippen LogP contribution in [0, 0.1) is 0 Å². The van der Waals surface area contributed by atoms with Crippen molar-refractivity contribution in [3.8, 4) is 5.75 Å². The highest BCUT2D eigenvalue weighted by Gasteiger charge is 2.14. The van der Waals surface area contributed by atoms with Gasteiger partial charge in [0.15, 0.2) is 0 Å². The Kier molecular flexibility index (Phi) is 5.98. The number of carboxylic acid groups (broad SMARTS) is 1. The first-order valence-corrected chi connectivity index (χ1v) is 9.02. The number of aromatic nitrogens is 2. The summed E-state index contributed by atoms with van der Waals surface area (Å²) in [6, 6.07) is 12.2. The van der Waals surface area contributed by atoms with E-state index in [0.717, 1.165) is 39.4 Å². The smallest absolute Gasteiger partial charge is 0.320 e. The van der Waals surface area contributed by atoms with Crippen LogP contribution in [0.4, 0.5) is 0 Å². The van der Waals surface area contributed by atoms with E-state index in [-0.39, 0.29) is 0 Å². The minimum absolute atomic E-state index is 0.297. The Labute approximate surface area is 162 Å². The van der Waals surface area contributed by atoms with Crippen LogP contribution in [-0.2, 0) is 17.6 Å². The van der Waals surface area contributed by atoms with Gasteiger partial charge in [0.2, 0.25) is 0 Å². The Morgan fingerprint density at radius 2 is 1.68 bits per heavy atom. The van der Waals surface area contributed by atoms with E-state index in [1.807, 2.05) is 42.7 Å². The van der Waals surface area contributed by atoms with Gasteiger partial charge in [0.1, 0.15) is 11.8 Å². The van der Waals surface area contributed by atoms with E-state index in [9.17, 15) is 9.90 Å². The van der Waals surface area contributed by atoms with Crippen molar-refractivity contribution >= 4 is 27.8 Å².